The number of hydrogen-bond acceptors (Lipinski definition) is 0. The lowest BCUT2D eigenvalue weighted by Crippen LogP contribution is -2.15. The van der Waals surface area contributed by atoms with Crippen LogP contribution in [0.5, 0.6) is 0 Å². The molecule has 0 aliphatic heterocycles. The molecule has 3 heteroatoms. The van der Waals surface area contributed by atoms with Gasteiger partial charge in [0.05, 0.1) is 11.5 Å². The van der Waals surface area contributed by atoms with Crippen LogP contribution < -0.4 is 0 Å². The Morgan fingerprint density at radius 3 is 1.62 bits per heavy atom. The van der Waals surface area contributed by atoms with E-state index in [1.807, 2.05) is 0 Å². The van der Waals surface area contributed by atoms with E-state index in [0.717, 1.165) is 3.39 Å². The van der Waals surface area contributed by atoms with Crippen LogP contribution in [0, 0.1) is 0 Å². The van der Waals surface area contributed by atoms with Crippen LogP contribution in [0.1, 0.15) is 0 Å². The normalized spacial score (nSPS) is 11.1. The highest BCUT2D eigenvalue weighted by atomic mass is 79.9. The zero-order chi connectivity index (χ0) is 6.78. The predicted octanol–water partition coefficient (Wildman–Crippen LogP) is 3.50. The van der Waals surface area contributed by atoms with Gasteiger partial charge in [0.25, 0.3) is 0 Å². The Hall–Kier alpha value is 0.917. The molecule has 0 saturated heterocycles. The van der Waals surface area contributed by atoms with E-state index in [9.17, 15) is 0 Å². The fourth-order valence-electron chi connectivity index (χ4n) is 0.327. The molecule has 0 amide bonds. The molecule has 0 aromatic heterocycles. The van der Waals surface area contributed by atoms with Gasteiger partial charge in [-0.3, -0.25) is 0 Å². The monoisotopic (exact) mass is 256 g/mol. The van der Waals surface area contributed by atoms with Gasteiger partial charge in [-0.15, -0.1) is 0 Å². The van der Waals surface area contributed by atoms with Gasteiger partial charge < -0.3 is 0 Å². The van der Waals surface area contributed by atoms with E-state index in [2.05, 4.69) is 57.2 Å². The molecular weight excluding hydrogens is 248 g/mol. The second-order valence-electron chi connectivity index (χ2n) is 2.80. The Balaban J connectivity index is 3.89. The van der Waals surface area contributed by atoms with Crippen LogP contribution in [0.15, 0.2) is 9.09 Å². The van der Waals surface area contributed by atoms with Gasteiger partial charge in [-0.1, -0.05) is 25.3 Å². The van der Waals surface area contributed by atoms with Crippen LogP contribution in [0.4, 0.5) is 0 Å². The summed E-state index contributed by atoms with van der Waals surface area (Å²) in [5.74, 6) is 0. The van der Waals surface area contributed by atoms with Gasteiger partial charge in [-0.2, -0.15) is 0 Å². The van der Waals surface area contributed by atoms with Crippen molar-refractivity contribution in [3.05, 3.63) is 9.09 Å². The smallest absolute Gasteiger partial charge is 0.0708 e. The number of halogens is 2. The van der Waals surface area contributed by atoms with Crippen LogP contribution in [-0.4, -0.2) is 8.07 Å². The molecule has 0 aromatic carbocycles. The maximum absolute atomic E-state index is 3.32. The molecule has 0 unspecified atom stereocenters. The van der Waals surface area contributed by atoms with E-state index < -0.39 is 8.07 Å². The third kappa shape index (κ3) is 6.92. The fourth-order valence-corrected chi connectivity index (χ4v) is 5.10. The Morgan fingerprint density at radius 1 is 1.25 bits per heavy atom. The molecule has 0 fully saturated rings. The molecule has 0 atom stereocenters. The van der Waals surface area contributed by atoms with Gasteiger partial charge in [0, 0.05) is 0 Å². The average molecular weight is 258 g/mol. The quantitative estimate of drug-likeness (QED) is 0.631. The summed E-state index contributed by atoms with van der Waals surface area (Å²) in [7, 11) is -0.976. The van der Waals surface area contributed by atoms with Crippen LogP contribution in [-0.2, 0) is 0 Å². The van der Waals surface area contributed by atoms with Gasteiger partial charge >= 0.3 is 0 Å². The lowest BCUT2D eigenvalue weighted by molar-refractivity contribution is 1.78. The Labute approximate surface area is 68.6 Å². The topological polar surface area (TPSA) is 0 Å². The van der Waals surface area contributed by atoms with Gasteiger partial charge in [-0.05, 0) is 31.9 Å². The van der Waals surface area contributed by atoms with Gasteiger partial charge in [0.1, 0.15) is 0 Å². The zero-order valence-electron chi connectivity index (χ0n) is 5.33. The molecular formula is C5H10Br2Si. The lowest BCUT2D eigenvalue weighted by Gasteiger charge is -2.07. The third-order valence-corrected chi connectivity index (χ3v) is 3.00. The third-order valence-electron chi connectivity index (χ3n) is 0.542. The predicted molar refractivity (Wildman–Crippen MR) is 49.3 cm³/mol. The SMILES string of the molecule is C[Si](C)(C)C=C(Br)Br. The van der Waals surface area contributed by atoms with E-state index in [1.165, 1.54) is 0 Å². The highest BCUT2D eigenvalue weighted by molar-refractivity contribution is 9.28. The molecule has 0 spiro atoms. The second-order valence-corrected chi connectivity index (χ2v) is 10.6. The summed E-state index contributed by atoms with van der Waals surface area (Å²) >= 11 is 6.65. The van der Waals surface area contributed by atoms with Gasteiger partial charge in [0.15, 0.2) is 0 Å². The van der Waals surface area contributed by atoms with Crippen molar-refractivity contribution in [2.24, 2.45) is 0 Å². The molecule has 0 radical (unpaired) electrons. The lowest BCUT2D eigenvalue weighted by atomic mass is 11.3. The molecule has 0 aliphatic carbocycles. The maximum atomic E-state index is 3.32. The summed E-state index contributed by atoms with van der Waals surface area (Å²) in [4.78, 5) is 0. The van der Waals surface area contributed by atoms with Crippen molar-refractivity contribution < 1.29 is 0 Å². The van der Waals surface area contributed by atoms with Crippen LogP contribution in [0.25, 0.3) is 0 Å². The van der Waals surface area contributed by atoms with Crippen LogP contribution in [0.3, 0.4) is 0 Å². The molecule has 0 aliphatic rings. The molecule has 0 N–H and O–H groups in total. The Morgan fingerprint density at radius 2 is 1.62 bits per heavy atom. The number of hydrogen-bond donors (Lipinski definition) is 0. The largest absolute Gasteiger partial charge is 0.0742 e. The van der Waals surface area contributed by atoms with Crippen molar-refractivity contribution in [3.63, 3.8) is 0 Å². The highest BCUT2D eigenvalue weighted by Crippen LogP contribution is 2.17. The van der Waals surface area contributed by atoms with E-state index >= 15 is 0 Å². The zero-order valence-corrected chi connectivity index (χ0v) is 9.51. The minimum absolute atomic E-state index is 0.976. The molecule has 8 heavy (non-hydrogen) atoms. The fraction of sp³-hybridized carbons (Fsp3) is 0.600. The van der Waals surface area contributed by atoms with E-state index in [0.29, 0.717) is 0 Å². The molecule has 0 bridgehead atoms. The Bertz CT molecular complexity index is 97.5. The van der Waals surface area contributed by atoms with Gasteiger partial charge in [0.2, 0.25) is 0 Å². The summed E-state index contributed by atoms with van der Waals surface area (Å²) in [5, 5.41) is 0. The maximum Gasteiger partial charge on any atom is 0.0708 e. The van der Waals surface area contributed by atoms with E-state index in [1.54, 1.807) is 0 Å². The summed E-state index contributed by atoms with van der Waals surface area (Å²) in [6.07, 6.45) is 0. The van der Waals surface area contributed by atoms with E-state index in [4.69, 9.17) is 0 Å². The summed E-state index contributed by atoms with van der Waals surface area (Å²) < 4.78 is 1.09. The molecule has 0 saturated carbocycles. The average Bonchev–Trinajstić information content (AvgIpc) is 1.21. The highest BCUT2D eigenvalue weighted by Gasteiger charge is 2.07. The molecule has 0 nitrogen and oxygen atoms in total. The van der Waals surface area contributed by atoms with Crippen LogP contribution in [0.2, 0.25) is 19.6 Å². The van der Waals surface area contributed by atoms with Crippen molar-refractivity contribution in [1.82, 2.24) is 0 Å². The standard InChI is InChI=1S/C5H10Br2Si/c1-8(2,3)4-5(6)7/h4H,1-3H3. The van der Waals surface area contributed by atoms with Crippen molar-refractivity contribution in [1.29, 1.82) is 0 Å². The molecule has 48 valence electrons. The molecule has 0 rings (SSSR count). The minimum Gasteiger partial charge on any atom is -0.0742 e. The first-order valence-electron chi connectivity index (χ1n) is 2.46. The first-order chi connectivity index (χ1) is 3.42. The Kier molecular flexibility index (Phi) is 3.54. The first kappa shape index (κ1) is 8.92. The summed E-state index contributed by atoms with van der Waals surface area (Å²) in [6, 6.07) is 0. The van der Waals surface area contributed by atoms with Crippen molar-refractivity contribution in [3.8, 4) is 0 Å². The number of rotatable bonds is 1. The summed E-state index contributed by atoms with van der Waals surface area (Å²) in [6.45, 7) is 6.86. The van der Waals surface area contributed by atoms with Crippen molar-refractivity contribution >= 4 is 39.9 Å². The van der Waals surface area contributed by atoms with Crippen LogP contribution >= 0.6 is 31.9 Å². The van der Waals surface area contributed by atoms with E-state index in [-0.39, 0.29) is 0 Å². The first-order valence-corrected chi connectivity index (χ1v) is 7.62. The second kappa shape index (κ2) is 3.18. The van der Waals surface area contributed by atoms with Crippen molar-refractivity contribution in [2.75, 3.05) is 0 Å². The molecule has 0 heterocycles. The van der Waals surface area contributed by atoms with Crippen molar-refractivity contribution in [2.45, 2.75) is 19.6 Å². The van der Waals surface area contributed by atoms with Gasteiger partial charge in [-0.25, -0.2) is 0 Å². The summed E-state index contributed by atoms with van der Waals surface area (Å²) in [5.41, 5.74) is 2.24. The minimum atomic E-state index is -0.976. The molecule has 0 aromatic rings.